The SMILES string of the molecule is COc1ccc(CN2C[C@H](C(=O)NCc3ccncc3)CC2=O)cc1. The highest BCUT2D eigenvalue weighted by Crippen LogP contribution is 2.21. The van der Waals surface area contributed by atoms with Gasteiger partial charge in [0.1, 0.15) is 5.75 Å². The Kier molecular flexibility index (Phi) is 5.28. The number of rotatable bonds is 6. The molecule has 2 heterocycles. The van der Waals surface area contributed by atoms with Crippen molar-refractivity contribution < 1.29 is 14.3 Å². The van der Waals surface area contributed by atoms with Crippen LogP contribution in [0.1, 0.15) is 17.5 Å². The first kappa shape index (κ1) is 17.0. The number of ether oxygens (including phenoxy) is 1. The summed E-state index contributed by atoms with van der Waals surface area (Å²) in [7, 11) is 1.62. The maximum atomic E-state index is 12.3. The van der Waals surface area contributed by atoms with Gasteiger partial charge in [-0.2, -0.15) is 0 Å². The number of hydrogen-bond acceptors (Lipinski definition) is 4. The summed E-state index contributed by atoms with van der Waals surface area (Å²) < 4.78 is 5.13. The lowest BCUT2D eigenvalue weighted by Gasteiger charge is -2.17. The van der Waals surface area contributed by atoms with Crippen LogP contribution in [0.3, 0.4) is 0 Å². The van der Waals surface area contributed by atoms with E-state index in [0.29, 0.717) is 19.6 Å². The van der Waals surface area contributed by atoms with Crippen LogP contribution in [0.4, 0.5) is 0 Å². The molecule has 1 fully saturated rings. The van der Waals surface area contributed by atoms with E-state index in [-0.39, 0.29) is 24.2 Å². The van der Waals surface area contributed by atoms with Crippen LogP contribution in [0.15, 0.2) is 48.8 Å². The molecule has 0 unspecified atom stereocenters. The molecule has 0 radical (unpaired) electrons. The fourth-order valence-corrected chi connectivity index (χ4v) is 2.89. The van der Waals surface area contributed by atoms with Crippen molar-refractivity contribution in [3.8, 4) is 5.75 Å². The Hall–Kier alpha value is -2.89. The van der Waals surface area contributed by atoms with Crippen molar-refractivity contribution in [1.82, 2.24) is 15.2 Å². The molecule has 1 aliphatic rings. The predicted molar refractivity (Wildman–Crippen MR) is 92.6 cm³/mol. The summed E-state index contributed by atoms with van der Waals surface area (Å²) in [6, 6.07) is 11.3. The number of benzene rings is 1. The van der Waals surface area contributed by atoms with Gasteiger partial charge in [-0.3, -0.25) is 14.6 Å². The zero-order valence-electron chi connectivity index (χ0n) is 14.1. The Labute approximate surface area is 146 Å². The van der Waals surface area contributed by atoms with Crippen LogP contribution < -0.4 is 10.1 Å². The Morgan fingerprint density at radius 2 is 1.92 bits per heavy atom. The number of nitrogens with zero attached hydrogens (tertiary/aromatic N) is 2. The van der Waals surface area contributed by atoms with Gasteiger partial charge in [0, 0.05) is 38.4 Å². The summed E-state index contributed by atoms with van der Waals surface area (Å²) in [5.41, 5.74) is 2.01. The summed E-state index contributed by atoms with van der Waals surface area (Å²) in [5.74, 6) is 0.416. The highest BCUT2D eigenvalue weighted by atomic mass is 16.5. The minimum Gasteiger partial charge on any atom is -0.497 e. The van der Waals surface area contributed by atoms with E-state index < -0.39 is 0 Å². The van der Waals surface area contributed by atoms with Gasteiger partial charge in [0.15, 0.2) is 0 Å². The third-order valence-corrected chi connectivity index (χ3v) is 4.33. The molecule has 0 aliphatic carbocycles. The number of aromatic nitrogens is 1. The molecule has 6 heteroatoms. The largest absolute Gasteiger partial charge is 0.497 e. The third-order valence-electron chi connectivity index (χ3n) is 4.33. The van der Waals surface area contributed by atoms with Gasteiger partial charge in [0.2, 0.25) is 11.8 Å². The normalized spacial score (nSPS) is 16.8. The summed E-state index contributed by atoms with van der Waals surface area (Å²) in [6.07, 6.45) is 3.65. The molecule has 0 spiro atoms. The molecule has 1 saturated heterocycles. The average Bonchev–Trinajstić information content (AvgIpc) is 3.02. The highest BCUT2D eigenvalue weighted by molar-refractivity contribution is 5.89. The van der Waals surface area contributed by atoms with Crippen molar-refractivity contribution in [1.29, 1.82) is 0 Å². The predicted octanol–water partition coefficient (Wildman–Crippen LogP) is 1.76. The van der Waals surface area contributed by atoms with Crippen molar-refractivity contribution >= 4 is 11.8 Å². The Balaban J connectivity index is 1.53. The number of hydrogen-bond donors (Lipinski definition) is 1. The third kappa shape index (κ3) is 4.35. The van der Waals surface area contributed by atoms with Crippen LogP contribution in [0.5, 0.6) is 5.75 Å². The van der Waals surface area contributed by atoms with Gasteiger partial charge in [-0.25, -0.2) is 0 Å². The lowest BCUT2D eigenvalue weighted by Crippen LogP contribution is -2.32. The smallest absolute Gasteiger partial charge is 0.225 e. The Bertz CT molecular complexity index is 731. The van der Waals surface area contributed by atoms with Gasteiger partial charge in [0.25, 0.3) is 0 Å². The maximum Gasteiger partial charge on any atom is 0.225 e. The second-order valence-corrected chi connectivity index (χ2v) is 6.10. The standard InChI is InChI=1S/C19H21N3O3/c1-25-17-4-2-15(3-5-17)12-22-13-16(10-18(22)23)19(24)21-11-14-6-8-20-9-7-14/h2-9,16H,10-13H2,1H3,(H,21,24)/t16-/m1/s1. The molecule has 1 aromatic carbocycles. The maximum absolute atomic E-state index is 12.3. The molecule has 6 nitrogen and oxygen atoms in total. The van der Waals surface area contributed by atoms with Crippen LogP contribution in [-0.2, 0) is 22.7 Å². The van der Waals surface area contributed by atoms with E-state index in [2.05, 4.69) is 10.3 Å². The van der Waals surface area contributed by atoms with Crippen molar-refractivity contribution in [3.63, 3.8) is 0 Å². The minimum absolute atomic E-state index is 0.0138. The number of pyridine rings is 1. The van der Waals surface area contributed by atoms with Crippen molar-refractivity contribution in [3.05, 3.63) is 59.9 Å². The number of methoxy groups -OCH3 is 1. The second-order valence-electron chi connectivity index (χ2n) is 6.10. The molecule has 1 N–H and O–H groups in total. The first-order valence-electron chi connectivity index (χ1n) is 8.23. The Morgan fingerprint density at radius 3 is 2.60 bits per heavy atom. The van der Waals surface area contributed by atoms with E-state index in [0.717, 1.165) is 16.9 Å². The molecule has 130 valence electrons. The van der Waals surface area contributed by atoms with Crippen LogP contribution in [-0.4, -0.2) is 35.4 Å². The minimum atomic E-state index is -0.299. The molecule has 1 atom stereocenters. The zero-order valence-corrected chi connectivity index (χ0v) is 14.1. The van der Waals surface area contributed by atoms with Crippen LogP contribution in [0.25, 0.3) is 0 Å². The quantitative estimate of drug-likeness (QED) is 0.870. The summed E-state index contributed by atoms with van der Waals surface area (Å²) >= 11 is 0. The molecule has 2 amide bonds. The van der Waals surface area contributed by atoms with E-state index in [1.54, 1.807) is 24.4 Å². The number of likely N-dealkylation sites (tertiary alicyclic amines) is 1. The Morgan fingerprint density at radius 1 is 1.20 bits per heavy atom. The summed E-state index contributed by atoms with van der Waals surface area (Å²) in [6.45, 7) is 1.41. The van der Waals surface area contributed by atoms with Gasteiger partial charge >= 0.3 is 0 Å². The molecule has 1 aliphatic heterocycles. The molecule has 0 bridgehead atoms. The molecular formula is C19H21N3O3. The van der Waals surface area contributed by atoms with Gasteiger partial charge < -0.3 is 15.0 Å². The zero-order chi connectivity index (χ0) is 17.6. The van der Waals surface area contributed by atoms with Crippen LogP contribution in [0, 0.1) is 5.92 Å². The van der Waals surface area contributed by atoms with E-state index >= 15 is 0 Å². The van der Waals surface area contributed by atoms with Crippen LogP contribution in [0.2, 0.25) is 0 Å². The highest BCUT2D eigenvalue weighted by Gasteiger charge is 2.34. The van der Waals surface area contributed by atoms with Gasteiger partial charge in [-0.05, 0) is 35.4 Å². The fourth-order valence-electron chi connectivity index (χ4n) is 2.89. The van der Waals surface area contributed by atoms with Crippen molar-refractivity contribution in [2.45, 2.75) is 19.5 Å². The average molecular weight is 339 g/mol. The first-order chi connectivity index (χ1) is 12.2. The number of carbonyl (C=O) groups excluding carboxylic acids is 2. The molecule has 2 aromatic rings. The molecular weight excluding hydrogens is 318 g/mol. The topological polar surface area (TPSA) is 71.5 Å². The number of carbonyl (C=O) groups is 2. The summed E-state index contributed by atoms with van der Waals surface area (Å²) in [4.78, 5) is 30.2. The van der Waals surface area contributed by atoms with E-state index in [4.69, 9.17) is 4.74 Å². The van der Waals surface area contributed by atoms with E-state index in [1.807, 2.05) is 36.4 Å². The monoisotopic (exact) mass is 339 g/mol. The van der Waals surface area contributed by atoms with E-state index in [1.165, 1.54) is 0 Å². The van der Waals surface area contributed by atoms with E-state index in [9.17, 15) is 9.59 Å². The lowest BCUT2D eigenvalue weighted by atomic mass is 10.1. The summed E-state index contributed by atoms with van der Waals surface area (Å²) in [5, 5.41) is 2.90. The fraction of sp³-hybridized carbons (Fsp3) is 0.316. The number of amides is 2. The second kappa shape index (κ2) is 7.79. The van der Waals surface area contributed by atoms with Crippen molar-refractivity contribution in [2.75, 3.05) is 13.7 Å². The lowest BCUT2D eigenvalue weighted by molar-refractivity contribution is -0.129. The van der Waals surface area contributed by atoms with Gasteiger partial charge in [-0.1, -0.05) is 12.1 Å². The van der Waals surface area contributed by atoms with Gasteiger partial charge in [0.05, 0.1) is 13.0 Å². The molecule has 0 saturated carbocycles. The molecule has 3 rings (SSSR count). The molecule has 1 aromatic heterocycles. The first-order valence-corrected chi connectivity index (χ1v) is 8.23. The molecule has 25 heavy (non-hydrogen) atoms. The van der Waals surface area contributed by atoms with Gasteiger partial charge in [-0.15, -0.1) is 0 Å². The van der Waals surface area contributed by atoms with Crippen LogP contribution >= 0.6 is 0 Å². The van der Waals surface area contributed by atoms with Crippen molar-refractivity contribution in [2.24, 2.45) is 5.92 Å². The number of nitrogens with one attached hydrogen (secondary N) is 1.